The molecule has 1 saturated heterocycles. The summed E-state index contributed by atoms with van der Waals surface area (Å²) in [6, 6.07) is 12.4. The molecule has 0 atom stereocenters. The van der Waals surface area contributed by atoms with E-state index in [9.17, 15) is 9.90 Å². The average Bonchev–Trinajstić information content (AvgIpc) is 3.79. The molecule has 5 aliphatic rings. The number of hydrogen-bond donors (Lipinski definition) is 1. The number of carboxylic acid groups (broad SMARTS) is 1. The first-order chi connectivity index (χ1) is 17.9. The maximum Gasteiger partial charge on any atom is 0.335 e. The standard InChI is InChI=1S/C32H38N2O3/c1-34(15-13-32(14-16-34)19-30(33-37-32)24-9-11-25(12-10-24)31(35)36)20-26-17-28(22-5-6-22)29(23-7-8-23)18-27(26)21-3-2-4-21/h9-12,17-18,21-23H,2-8,13-16,19-20H2,1H3/p+1. The van der Waals surface area contributed by atoms with E-state index >= 15 is 0 Å². The van der Waals surface area contributed by atoms with Crippen LogP contribution in [0.1, 0.15) is 120 Å². The molecule has 1 N–H and O–H groups in total. The Labute approximate surface area is 220 Å². The second kappa shape index (κ2) is 8.69. The van der Waals surface area contributed by atoms with E-state index in [2.05, 4.69) is 24.3 Å². The van der Waals surface area contributed by atoms with Crippen LogP contribution >= 0.6 is 0 Å². The van der Waals surface area contributed by atoms with Crippen molar-refractivity contribution in [3.63, 3.8) is 0 Å². The molecule has 0 aromatic heterocycles. The lowest BCUT2D eigenvalue weighted by Crippen LogP contribution is -2.54. The predicted octanol–water partition coefficient (Wildman–Crippen LogP) is 6.71. The van der Waals surface area contributed by atoms with Gasteiger partial charge in [-0.2, -0.15) is 0 Å². The van der Waals surface area contributed by atoms with Crippen molar-refractivity contribution in [3.05, 3.63) is 69.8 Å². The van der Waals surface area contributed by atoms with Crippen molar-refractivity contribution in [1.82, 2.24) is 0 Å². The highest BCUT2D eigenvalue weighted by Gasteiger charge is 2.47. The lowest BCUT2D eigenvalue weighted by atomic mass is 9.76. The van der Waals surface area contributed by atoms with Crippen LogP contribution in [0, 0.1) is 0 Å². The molecule has 0 amide bonds. The zero-order chi connectivity index (χ0) is 25.2. The number of carboxylic acids is 1. The summed E-state index contributed by atoms with van der Waals surface area (Å²) in [6.45, 7) is 3.35. The van der Waals surface area contributed by atoms with E-state index in [1.165, 1.54) is 44.9 Å². The van der Waals surface area contributed by atoms with Crippen molar-refractivity contribution in [2.45, 2.75) is 94.1 Å². The molecule has 2 aliphatic heterocycles. The summed E-state index contributed by atoms with van der Waals surface area (Å²) in [7, 11) is 2.45. The van der Waals surface area contributed by atoms with Gasteiger partial charge in [-0.15, -0.1) is 0 Å². The van der Waals surface area contributed by atoms with Crippen LogP contribution in [0.5, 0.6) is 0 Å². The molecule has 7 rings (SSSR count). The van der Waals surface area contributed by atoms with Crippen LogP contribution in [0.3, 0.4) is 0 Å². The van der Waals surface area contributed by atoms with Crippen LogP contribution in [0.25, 0.3) is 0 Å². The molecule has 0 unspecified atom stereocenters. The van der Waals surface area contributed by atoms with Gasteiger partial charge >= 0.3 is 5.97 Å². The van der Waals surface area contributed by atoms with Crippen molar-refractivity contribution in [2.75, 3.05) is 20.1 Å². The van der Waals surface area contributed by atoms with Gasteiger partial charge in [-0.3, -0.25) is 0 Å². The fraction of sp³-hybridized carbons (Fsp3) is 0.562. The second-order valence-electron chi connectivity index (χ2n) is 13.0. The summed E-state index contributed by atoms with van der Waals surface area (Å²) >= 11 is 0. The molecule has 2 heterocycles. The smallest absolute Gasteiger partial charge is 0.335 e. The molecule has 0 bridgehead atoms. The Morgan fingerprint density at radius 3 is 2.14 bits per heavy atom. The SMILES string of the molecule is C[N+]1(Cc2cc(C3CC3)c(C3CC3)cc2C2CCC2)CCC2(CC1)CC(c1ccc(C(=O)O)cc1)=NO2. The van der Waals surface area contributed by atoms with Gasteiger partial charge in [-0.05, 0) is 96.7 Å². The summed E-state index contributed by atoms with van der Waals surface area (Å²) in [4.78, 5) is 17.3. The second-order valence-corrected chi connectivity index (χ2v) is 13.0. The van der Waals surface area contributed by atoms with Crippen molar-refractivity contribution in [2.24, 2.45) is 5.16 Å². The molecule has 0 radical (unpaired) electrons. The Balaban J connectivity index is 1.06. The minimum atomic E-state index is -0.899. The minimum Gasteiger partial charge on any atom is -0.478 e. The first kappa shape index (κ1) is 23.5. The molecule has 1 spiro atoms. The number of likely N-dealkylation sites (tertiary alicyclic amines) is 1. The number of quaternary nitrogens is 1. The first-order valence-corrected chi connectivity index (χ1v) is 14.5. The highest BCUT2D eigenvalue weighted by Crippen LogP contribution is 2.52. The normalized spacial score (nSPS) is 29.6. The Morgan fingerprint density at radius 1 is 0.946 bits per heavy atom. The molecular formula is C32H39N2O3+. The maximum atomic E-state index is 11.2. The van der Waals surface area contributed by atoms with Crippen LogP contribution in [0.2, 0.25) is 0 Å². The van der Waals surface area contributed by atoms with Gasteiger partial charge in [0.1, 0.15) is 6.54 Å². The highest BCUT2D eigenvalue weighted by molar-refractivity contribution is 6.02. The van der Waals surface area contributed by atoms with E-state index in [0.717, 1.165) is 72.4 Å². The summed E-state index contributed by atoms with van der Waals surface area (Å²) in [5.41, 5.74) is 8.76. The van der Waals surface area contributed by atoms with E-state index in [0.29, 0.717) is 5.56 Å². The van der Waals surface area contributed by atoms with Gasteiger partial charge in [0.25, 0.3) is 0 Å². The number of carbonyl (C=O) groups is 1. The maximum absolute atomic E-state index is 11.2. The molecule has 5 heteroatoms. The molecule has 194 valence electrons. The van der Waals surface area contributed by atoms with E-state index in [4.69, 9.17) is 4.84 Å². The van der Waals surface area contributed by atoms with Crippen molar-refractivity contribution in [1.29, 1.82) is 0 Å². The number of piperidine rings is 1. The molecule has 2 aromatic rings. The van der Waals surface area contributed by atoms with Gasteiger partial charge in [0.05, 0.1) is 31.4 Å². The van der Waals surface area contributed by atoms with E-state index < -0.39 is 5.97 Å². The molecule has 5 nitrogen and oxygen atoms in total. The van der Waals surface area contributed by atoms with Gasteiger partial charge in [0.15, 0.2) is 5.60 Å². The topological polar surface area (TPSA) is 58.9 Å². The third-order valence-corrected chi connectivity index (χ3v) is 9.99. The van der Waals surface area contributed by atoms with E-state index in [-0.39, 0.29) is 5.60 Å². The Hall–Kier alpha value is -2.66. The third-order valence-electron chi connectivity index (χ3n) is 9.99. The Kier molecular flexibility index (Phi) is 5.51. The van der Waals surface area contributed by atoms with E-state index in [1.807, 2.05) is 12.1 Å². The van der Waals surface area contributed by atoms with Crippen molar-refractivity contribution < 1.29 is 19.2 Å². The van der Waals surface area contributed by atoms with Crippen molar-refractivity contribution in [3.8, 4) is 0 Å². The van der Waals surface area contributed by atoms with Crippen LogP contribution in [-0.2, 0) is 11.4 Å². The Bertz CT molecular complexity index is 1240. The Morgan fingerprint density at radius 2 is 1.57 bits per heavy atom. The van der Waals surface area contributed by atoms with Crippen LogP contribution < -0.4 is 0 Å². The minimum absolute atomic E-state index is 0.204. The average molecular weight is 500 g/mol. The number of hydrogen-bond acceptors (Lipinski definition) is 3. The zero-order valence-electron chi connectivity index (χ0n) is 22.0. The van der Waals surface area contributed by atoms with Crippen molar-refractivity contribution >= 4 is 11.7 Å². The molecular weight excluding hydrogens is 460 g/mol. The number of nitrogens with zero attached hydrogens (tertiary/aromatic N) is 2. The molecule has 3 aliphatic carbocycles. The van der Waals surface area contributed by atoms with Gasteiger partial charge in [0.2, 0.25) is 0 Å². The van der Waals surface area contributed by atoms with Gasteiger partial charge < -0.3 is 14.4 Å². The van der Waals surface area contributed by atoms with Gasteiger partial charge in [0, 0.05) is 24.8 Å². The summed E-state index contributed by atoms with van der Waals surface area (Å²) in [5, 5.41) is 13.7. The van der Waals surface area contributed by atoms with E-state index in [1.54, 1.807) is 34.4 Å². The largest absolute Gasteiger partial charge is 0.478 e. The van der Waals surface area contributed by atoms with Gasteiger partial charge in [-0.25, -0.2) is 4.79 Å². The molecule has 37 heavy (non-hydrogen) atoms. The summed E-state index contributed by atoms with van der Waals surface area (Å²) < 4.78 is 1.08. The van der Waals surface area contributed by atoms with Crippen LogP contribution in [0.15, 0.2) is 41.6 Å². The summed E-state index contributed by atoms with van der Waals surface area (Å²) in [5.74, 6) is 1.55. The summed E-state index contributed by atoms with van der Waals surface area (Å²) in [6.07, 6.45) is 12.5. The molecule has 2 aromatic carbocycles. The third kappa shape index (κ3) is 4.50. The monoisotopic (exact) mass is 499 g/mol. The van der Waals surface area contributed by atoms with Gasteiger partial charge in [-0.1, -0.05) is 29.8 Å². The predicted molar refractivity (Wildman–Crippen MR) is 144 cm³/mol. The number of benzene rings is 2. The first-order valence-electron chi connectivity index (χ1n) is 14.5. The highest BCUT2D eigenvalue weighted by atomic mass is 16.7. The molecule has 4 fully saturated rings. The lowest BCUT2D eigenvalue weighted by molar-refractivity contribution is -0.929. The fourth-order valence-corrected chi connectivity index (χ4v) is 6.93. The number of oxime groups is 1. The van der Waals surface area contributed by atoms with Crippen LogP contribution in [-0.4, -0.2) is 47.0 Å². The zero-order valence-corrected chi connectivity index (χ0v) is 22.0. The molecule has 3 saturated carbocycles. The number of rotatable bonds is 7. The van der Waals surface area contributed by atoms with Crippen LogP contribution in [0.4, 0.5) is 0 Å². The quantitative estimate of drug-likeness (QED) is 0.431. The fourth-order valence-electron chi connectivity index (χ4n) is 6.93. The number of aromatic carboxylic acids is 1. The lowest BCUT2D eigenvalue weighted by Gasteiger charge is -2.44.